The molecule has 4 rings (SSSR count). The predicted octanol–water partition coefficient (Wildman–Crippen LogP) is 2.94. The number of hydrogen-bond donors (Lipinski definition) is 0. The minimum Gasteiger partial charge on any atom is -0.462 e. The Morgan fingerprint density at radius 2 is 1.81 bits per heavy atom. The summed E-state index contributed by atoms with van der Waals surface area (Å²) in [6.07, 6.45) is 3.20. The van der Waals surface area contributed by atoms with Crippen LogP contribution in [0.25, 0.3) is 0 Å². The van der Waals surface area contributed by atoms with Crippen molar-refractivity contribution in [1.29, 1.82) is 0 Å². The van der Waals surface area contributed by atoms with E-state index in [9.17, 15) is 18.0 Å². The highest BCUT2D eigenvalue weighted by Gasteiger charge is 2.30. The standard InChI is InChI=1S/C23H27N3O5S/c1-3-31-23(28)19-9-10-20(24-16(19)2)22(27)26-14-6-7-17-15-18(8-11-21(17)26)32(29,30)25-12-4-5-13-25/h8-11,15H,3-7,12-14H2,1-2H3. The van der Waals surface area contributed by atoms with E-state index in [1.807, 2.05) is 0 Å². The fraction of sp³-hybridized carbons (Fsp3) is 0.435. The number of anilines is 1. The van der Waals surface area contributed by atoms with E-state index in [1.165, 1.54) is 10.4 Å². The van der Waals surface area contributed by atoms with Crippen LogP contribution in [0.15, 0.2) is 35.2 Å². The monoisotopic (exact) mass is 457 g/mol. The van der Waals surface area contributed by atoms with Gasteiger partial charge in [-0.15, -0.1) is 0 Å². The van der Waals surface area contributed by atoms with Crippen LogP contribution < -0.4 is 4.90 Å². The first kappa shape index (κ1) is 22.4. The van der Waals surface area contributed by atoms with Gasteiger partial charge in [-0.2, -0.15) is 4.31 Å². The van der Waals surface area contributed by atoms with Crippen molar-refractivity contribution in [3.05, 3.63) is 52.8 Å². The summed E-state index contributed by atoms with van der Waals surface area (Å²) < 4.78 is 32.4. The van der Waals surface area contributed by atoms with Gasteiger partial charge in [-0.1, -0.05) is 0 Å². The predicted molar refractivity (Wildman–Crippen MR) is 119 cm³/mol. The second kappa shape index (κ2) is 8.99. The summed E-state index contributed by atoms with van der Waals surface area (Å²) in [6, 6.07) is 8.09. The number of nitrogens with zero attached hydrogens (tertiary/aromatic N) is 3. The van der Waals surface area contributed by atoms with Crippen molar-refractivity contribution < 1.29 is 22.7 Å². The Balaban J connectivity index is 1.61. The summed E-state index contributed by atoms with van der Waals surface area (Å²) in [6.45, 7) is 5.29. The summed E-state index contributed by atoms with van der Waals surface area (Å²) in [4.78, 5) is 31.5. The first-order chi connectivity index (χ1) is 15.3. The van der Waals surface area contributed by atoms with E-state index in [0.717, 1.165) is 24.8 Å². The van der Waals surface area contributed by atoms with Gasteiger partial charge in [0.15, 0.2) is 0 Å². The van der Waals surface area contributed by atoms with Gasteiger partial charge in [0.2, 0.25) is 10.0 Å². The zero-order valence-corrected chi connectivity index (χ0v) is 19.2. The Kier molecular flexibility index (Phi) is 6.30. The SMILES string of the molecule is CCOC(=O)c1ccc(C(=O)N2CCCc3cc(S(=O)(=O)N4CCCC4)ccc32)nc1C. The van der Waals surface area contributed by atoms with E-state index in [2.05, 4.69) is 4.98 Å². The van der Waals surface area contributed by atoms with Gasteiger partial charge < -0.3 is 9.64 Å². The Hall–Kier alpha value is -2.78. The molecular formula is C23H27N3O5S. The minimum atomic E-state index is -3.51. The third-order valence-electron chi connectivity index (χ3n) is 5.92. The maximum atomic E-state index is 13.2. The third kappa shape index (κ3) is 4.14. The van der Waals surface area contributed by atoms with Crippen LogP contribution in [-0.2, 0) is 21.2 Å². The summed E-state index contributed by atoms with van der Waals surface area (Å²) in [5.74, 6) is -0.744. The molecule has 1 saturated heterocycles. The van der Waals surface area contributed by atoms with Crippen molar-refractivity contribution in [2.75, 3.05) is 31.1 Å². The highest BCUT2D eigenvalue weighted by atomic mass is 32.2. The summed E-state index contributed by atoms with van der Waals surface area (Å²) in [7, 11) is -3.51. The van der Waals surface area contributed by atoms with Crippen LogP contribution in [0.4, 0.5) is 5.69 Å². The average molecular weight is 458 g/mol. The normalized spacial score (nSPS) is 16.6. The molecule has 0 spiro atoms. The molecule has 3 heterocycles. The quantitative estimate of drug-likeness (QED) is 0.641. The molecule has 1 fully saturated rings. The molecule has 2 aliphatic rings. The van der Waals surface area contributed by atoms with Gasteiger partial charge in [0.1, 0.15) is 5.69 Å². The van der Waals surface area contributed by atoms with E-state index >= 15 is 0 Å². The van der Waals surface area contributed by atoms with Crippen molar-refractivity contribution in [2.24, 2.45) is 0 Å². The molecule has 9 heteroatoms. The van der Waals surface area contributed by atoms with Crippen LogP contribution >= 0.6 is 0 Å². The molecule has 0 radical (unpaired) electrons. The maximum absolute atomic E-state index is 13.2. The topological polar surface area (TPSA) is 96.9 Å². The lowest BCUT2D eigenvalue weighted by Crippen LogP contribution is -2.36. The number of carbonyl (C=O) groups excluding carboxylic acids is 2. The van der Waals surface area contributed by atoms with Crippen LogP contribution in [0.2, 0.25) is 0 Å². The molecule has 0 saturated carbocycles. The van der Waals surface area contributed by atoms with Crippen molar-refractivity contribution in [3.63, 3.8) is 0 Å². The van der Waals surface area contributed by atoms with E-state index in [4.69, 9.17) is 4.74 Å². The first-order valence-electron chi connectivity index (χ1n) is 10.9. The number of hydrogen-bond acceptors (Lipinski definition) is 6. The van der Waals surface area contributed by atoms with Crippen LogP contribution in [0.3, 0.4) is 0 Å². The van der Waals surface area contributed by atoms with Crippen LogP contribution in [-0.4, -0.2) is 55.8 Å². The van der Waals surface area contributed by atoms with Gasteiger partial charge in [-0.05, 0) is 75.4 Å². The van der Waals surface area contributed by atoms with Gasteiger partial charge in [0, 0.05) is 25.3 Å². The summed E-state index contributed by atoms with van der Waals surface area (Å²) in [5, 5.41) is 0. The number of pyridine rings is 1. The van der Waals surface area contributed by atoms with Crippen LogP contribution in [0, 0.1) is 6.92 Å². The molecule has 8 nitrogen and oxygen atoms in total. The molecule has 1 aromatic heterocycles. The summed E-state index contributed by atoms with van der Waals surface area (Å²) in [5.41, 5.74) is 2.54. The molecule has 1 amide bonds. The molecule has 0 N–H and O–H groups in total. The number of fused-ring (bicyclic) bond motifs is 1. The number of aryl methyl sites for hydroxylation is 2. The van der Waals surface area contributed by atoms with Gasteiger partial charge in [0.05, 0.1) is 22.8 Å². The number of aromatic nitrogens is 1. The number of carbonyl (C=O) groups is 2. The molecule has 170 valence electrons. The Morgan fingerprint density at radius 1 is 1.06 bits per heavy atom. The zero-order chi connectivity index (χ0) is 22.9. The van der Waals surface area contributed by atoms with E-state index < -0.39 is 16.0 Å². The van der Waals surface area contributed by atoms with Gasteiger partial charge in [-0.3, -0.25) is 4.79 Å². The van der Waals surface area contributed by atoms with Gasteiger partial charge >= 0.3 is 5.97 Å². The van der Waals surface area contributed by atoms with Crippen molar-refractivity contribution >= 4 is 27.6 Å². The van der Waals surface area contributed by atoms with E-state index in [-0.39, 0.29) is 23.1 Å². The fourth-order valence-corrected chi connectivity index (χ4v) is 5.83. The molecule has 0 bridgehead atoms. The van der Waals surface area contributed by atoms with Crippen LogP contribution in [0.5, 0.6) is 0 Å². The largest absolute Gasteiger partial charge is 0.462 e. The zero-order valence-electron chi connectivity index (χ0n) is 18.3. The number of benzene rings is 1. The summed E-state index contributed by atoms with van der Waals surface area (Å²) >= 11 is 0. The number of esters is 1. The lowest BCUT2D eigenvalue weighted by Gasteiger charge is -2.30. The van der Waals surface area contributed by atoms with Crippen molar-refractivity contribution in [3.8, 4) is 0 Å². The maximum Gasteiger partial charge on any atom is 0.339 e. The molecule has 0 aliphatic carbocycles. The highest BCUT2D eigenvalue weighted by Crippen LogP contribution is 2.32. The Morgan fingerprint density at radius 3 is 2.50 bits per heavy atom. The minimum absolute atomic E-state index is 0.233. The molecule has 2 aliphatic heterocycles. The Bertz CT molecular complexity index is 1160. The second-order valence-electron chi connectivity index (χ2n) is 8.01. The highest BCUT2D eigenvalue weighted by molar-refractivity contribution is 7.89. The lowest BCUT2D eigenvalue weighted by molar-refractivity contribution is 0.0524. The molecular weight excluding hydrogens is 430 g/mol. The molecule has 1 aromatic carbocycles. The number of sulfonamides is 1. The van der Waals surface area contributed by atoms with E-state index in [1.54, 1.807) is 43.0 Å². The third-order valence-corrected chi connectivity index (χ3v) is 7.81. The first-order valence-corrected chi connectivity index (χ1v) is 12.4. The number of ether oxygens (including phenoxy) is 1. The van der Waals surface area contributed by atoms with Crippen molar-refractivity contribution in [2.45, 2.75) is 44.4 Å². The molecule has 32 heavy (non-hydrogen) atoms. The number of rotatable bonds is 5. The Labute approximate surface area is 188 Å². The number of amides is 1. The lowest BCUT2D eigenvalue weighted by atomic mass is 10.0. The van der Waals surface area contributed by atoms with Crippen molar-refractivity contribution in [1.82, 2.24) is 9.29 Å². The van der Waals surface area contributed by atoms with Gasteiger partial charge in [-0.25, -0.2) is 18.2 Å². The molecule has 2 aromatic rings. The van der Waals surface area contributed by atoms with E-state index in [0.29, 0.717) is 43.0 Å². The van der Waals surface area contributed by atoms with Crippen LogP contribution in [0.1, 0.15) is 58.3 Å². The molecule has 0 atom stereocenters. The molecule has 0 unspecified atom stereocenters. The smallest absolute Gasteiger partial charge is 0.339 e. The fourth-order valence-electron chi connectivity index (χ4n) is 4.27. The average Bonchev–Trinajstić information content (AvgIpc) is 3.34. The second-order valence-corrected chi connectivity index (χ2v) is 9.95. The van der Waals surface area contributed by atoms with Gasteiger partial charge in [0.25, 0.3) is 5.91 Å².